The molecule has 1 aromatic heterocycles. The van der Waals surface area contributed by atoms with Gasteiger partial charge in [0.25, 0.3) is 0 Å². The van der Waals surface area contributed by atoms with Crippen molar-refractivity contribution >= 4 is 49.6 Å². The Labute approximate surface area is 368 Å². The van der Waals surface area contributed by atoms with Crippen LogP contribution in [0.5, 0.6) is 0 Å². The third-order valence-corrected chi connectivity index (χ3v) is 13.4. The van der Waals surface area contributed by atoms with Crippen molar-refractivity contribution in [3.05, 3.63) is 242 Å². The van der Waals surface area contributed by atoms with E-state index >= 15 is 0 Å². The van der Waals surface area contributed by atoms with Crippen molar-refractivity contribution in [2.45, 2.75) is 19.3 Å². The van der Waals surface area contributed by atoms with Gasteiger partial charge in [-0.3, -0.25) is 0 Å². The number of rotatable bonds is 7. The van der Waals surface area contributed by atoms with Crippen LogP contribution in [0.3, 0.4) is 0 Å². The molecule has 0 bridgehead atoms. The molecule has 0 atom stereocenters. The van der Waals surface area contributed by atoms with E-state index in [1.165, 1.54) is 88.2 Å². The van der Waals surface area contributed by atoms with Crippen molar-refractivity contribution in [3.8, 4) is 50.2 Å². The molecule has 1 aliphatic rings. The molecule has 0 saturated carbocycles. The second-order valence-electron chi connectivity index (χ2n) is 17.3. The number of aromatic nitrogens is 1. The van der Waals surface area contributed by atoms with Crippen molar-refractivity contribution in [1.82, 2.24) is 4.57 Å². The van der Waals surface area contributed by atoms with Crippen LogP contribution in [0.25, 0.3) is 82.8 Å². The molecule has 0 N–H and O–H groups in total. The first kappa shape index (κ1) is 36.9. The Bertz CT molecular complexity index is 3440. The minimum absolute atomic E-state index is 0.0650. The van der Waals surface area contributed by atoms with E-state index in [9.17, 15) is 0 Å². The third kappa shape index (κ3) is 6.02. The number of fused-ring (bicyclic) bond motifs is 7. The van der Waals surface area contributed by atoms with Crippen molar-refractivity contribution < 1.29 is 0 Å². The first-order valence-electron chi connectivity index (χ1n) is 21.9. The molecule has 0 spiro atoms. The zero-order valence-electron chi connectivity index (χ0n) is 35.3. The summed E-state index contributed by atoms with van der Waals surface area (Å²) in [6, 6.07) is 84.4. The van der Waals surface area contributed by atoms with Crippen LogP contribution in [-0.4, -0.2) is 4.57 Å². The first-order valence-corrected chi connectivity index (χ1v) is 21.9. The summed E-state index contributed by atoms with van der Waals surface area (Å²) in [4.78, 5) is 2.37. The van der Waals surface area contributed by atoms with Crippen LogP contribution in [0.15, 0.2) is 231 Å². The van der Waals surface area contributed by atoms with Crippen molar-refractivity contribution in [3.63, 3.8) is 0 Å². The number of nitrogens with zero attached hydrogens (tertiary/aromatic N) is 2. The van der Waals surface area contributed by atoms with Crippen LogP contribution in [0, 0.1) is 0 Å². The summed E-state index contributed by atoms with van der Waals surface area (Å²) in [7, 11) is 0. The third-order valence-electron chi connectivity index (χ3n) is 13.4. The highest BCUT2D eigenvalue weighted by Crippen LogP contribution is 2.52. The fraction of sp³-hybridized carbons (Fsp3) is 0.0492. The number of hydrogen-bond donors (Lipinski definition) is 0. The van der Waals surface area contributed by atoms with E-state index in [-0.39, 0.29) is 5.41 Å². The highest BCUT2D eigenvalue weighted by molar-refractivity contribution is 6.09. The summed E-state index contributed by atoms with van der Waals surface area (Å²) in [6.07, 6.45) is 0. The van der Waals surface area contributed by atoms with Crippen LogP contribution < -0.4 is 4.90 Å². The number of anilines is 3. The molecular weight excluding hydrogens is 761 g/mol. The van der Waals surface area contributed by atoms with E-state index < -0.39 is 0 Å². The molecule has 2 heteroatoms. The Morgan fingerprint density at radius 2 is 0.762 bits per heavy atom. The van der Waals surface area contributed by atoms with E-state index in [1.54, 1.807) is 0 Å². The van der Waals surface area contributed by atoms with Crippen molar-refractivity contribution in [2.75, 3.05) is 4.90 Å². The smallest absolute Gasteiger partial charge is 0.0541 e. The van der Waals surface area contributed by atoms with Crippen LogP contribution in [0.4, 0.5) is 17.1 Å². The molecule has 0 saturated heterocycles. The molecule has 12 rings (SSSR count). The molecule has 10 aromatic carbocycles. The number of para-hydroxylation sites is 2. The normalized spacial score (nSPS) is 12.7. The quantitative estimate of drug-likeness (QED) is 0.156. The largest absolute Gasteiger partial charge is 0.311 e. The highest BCUT2D eigenvalue weighted by Gasteiger charge is 2.37. The Hall–Kier alpha value is -7.94. The Morgan fingerprint density at radius 3 is 1.43 bits per heavy atom. The maximum Gasteiger partial charge on any atom is 0.0541 e. The summed E-state index contributed by atoms with van der Waals surface area (Å²) in [5, 5.41) is 5.03. The molecule has 2 nitrogen and oxygen atoms in total. The van der Waals surface area contributed by atoms with Gasteiger partial charge in [-0.2, -0.15) is 0 Å². The van der Waals surface area contributed by atoms with E-state index in [2.05, 4.69) is 254 Å². The van der Waals surface area contributed by atoms with Gasteiger partial charge < -0.3 is 9.47 Å². The summed E-state index contributed by atoms with van der Waals surface area (Å²) >= 11 is 0. The highest BCUT2D eigenvalue weighted by atomic mass is 15.1. The number of benzene rings is 10. The summed E-state index contributed by atoms with van der Waals surface area (Å²) in [6.45, 7) is 4.72. The molecule has 0 radical (unpaired) electrons. The van der Waals surface area contributed by atoms with E-state index in [0.29, 0.717) is 0 Å². The predicted molar refractivity (Wildman–Crippen MR) is 267 cm³/mol. The van der Waals surface area contributed by atoms with Gasteiger partial charge in [-0.05, 0) is 127 Å². The topological polar surface area (TPSA) is 8.17 Å². The molecule has 298 valence electrons. The summed E-state index contributed by atoms with van der Waals surface area (Å²) < 4.78 is 2.38. The van der Waals surface area contributed by atoms with E-state index in [4.69, 9.17) is 0 Å². The zero-order valence-corrected chi connectivity index (χ0v) is 35.3. The van der Waals surface area contributed by atoms with Gasteiger partial charge in [-0.25, -0.2) is 0 Å². The molecule has 11 aromatic rings. The lowest BCUT2D eigenvalue weighted by molar-refractivity contribution is 0.662. The molecule has 0 amide bonds. The molecular formula is C61H44N2. The number of hydrogen-bond acceptors (Lipinski definition) is 1. The molecule has 0 fully saturated rings. The summed E-state index contributed by atoms with van der Waals surface area (Å²) in [5.74, 6) is 0. The van der Waals surface area contributed by atoms with Crippen molar-refractivity contribution in [1.29, 1.82) is 0 Å². The Morgan fingerprint density at radius 1 is 0.333 bits per heavy atom. The van der Waals surface area contributed by atoms with Gasteiger partial charge in [0, 0.05) is 38.9 Å². The average Bonchev–Trinajstić information content (AvgIpc) is 3.81. The lowest BCUT2D eigenvalue weighted by atomic mass is 9.79. The van der Waals surface area contributed by atoms with Crippen LogP contribution in [0.1, 0.15) is 25.0 Å². The average molecular weight is 805 g/mol. The standard InChI is InChI=1S/C61H44N2/c1-61(2)57-22-8-5-16-53(57)56-21-12-20-52(60(56)61)45-27-25-41(26-28-45)42-29-33-46(34-30-42)62(47-35-31-44(32-36-47)51-19-11-14-43-13-3-4-15-50(43)51)48-37-39-49(40-38-48)63-58-23-9-6-17-54(58)55-18-7-10-24-59(55)63/h3-40H,1-2H3. The minimum atomic E-state index is -0.0650. The van der Waals surface area contributed by atoms with Crippen LogP contribution >= 0.6 is 0 Å². The molecule has 0 aliphatic heterocycles. The van der Waals surface area contributed by atoms with Gasteiger partial charge in [0.1, 0.15) is 0 Å². The fourth-order valence-electron chi connectivity index (χ4n) is 10.4. The van der Waals surface area contributed by atoms with E-state index in [0.717, 1.165) is 22.7 Å². The second kappa shape index (κ2) is 14.6. The van der Waals surface area contributed by atoms with Crippen LogP contribution in [0.2, 0.25) is 0 Å². The second-order valence-corrected chi connectivity index (χ2v) is 17.3. The first-order chi connectivity index (χ1) is 31.0. The lowest BCUT2D eigenvalue weighted by Gasteiger charge is -2.26. The Kier molecular flexibility index (Phi) is 8.55. The van der Waals surface area contributed by atoms with Gasteiger partial charge in [-0.1, -0.05) is 184 Å². The minimum Gasteiger partial charge on any atom is -0.311 e. The van der Waals surface area contributed by atoms with Gasteiger partial charge in [0.05, 0.1) is 11.0 Å². The fourth-order valence-corrected chi connectivity index (χ4v) is 10.4. The van der Waals surface area contributed by atoms with E-state index in [1.807, 2.05) is 0 Å². The lowest BCUT2D eigenvalue weighted by Crippen LogP contribution is -2.16. The SMILES string of the molecule is CC1(C)c2ccccc2-c2cccc(-c3ccc(-c4ccc(N(c5ccc(-c6cccc7ccccc67)cc5)c5ccc(-n6c7ccccc7c7ccccc76)cc5)cc4)cc3)c21. The van der Waals surface area contributed by atoms with Gasteiger partial charge in [-0.15, -0.1) is 0 Å². The molecule has 1 aliphatic carbocycles. The summed E-state index contributed by atoms with van der Waals surface area (Å²) in [5.41, 5.74) is 19.7. The van der Waals surface area contributed by atoms with Crippen LogP contribution in [-0.2, 0) is 5.41 Å². The molecule has 63 heavy (non-hydrogen) atoms. The van der Waals surface area contributed by atoms with Crippen molar-refractivity contribution in [2.24, 2.45) is 0 Å². The maximum absolute atomic E-state index is 2.38. The maximum atomic E-state index is 2.38. The predicted octanol–water partition coefficient (Wildman–Crippen LogP) is 16.7. The zero-order chi connectivity index (χ0) is 42.1. The van der Waals surface area contributed by atoms with Gasteiger partial charge in [0.2, 0.25) is 0 Å². The molecule has 0 unspecified atom stereocenters. The monoisotopic (exact) mass is 804 g/mol. The Balaban J connectivity index is 0.905. The molecule has 1 heterocycles. The van der Waals surface area contributed by atoms with Gasteiger partial charge in [0.15, 0.2) is 0 Å². The van der Waals surface area contributed by atoms with Gasteiger partial charge >= 0.3 is 0 Å².